The van der Waals surface area contributed by atoms with Crippen molar-refractivity contribution in [2.75, 3.05) is 18.4 Å². The summed E-state index contributed by atoms with van der Waals surface area (Å²) >= 11 is 7.17. The average molecular weight is 463 g/mol. The molecule has 10 heteroatoms. The molecule has 3 aromatic rings. The van der Waals surface area contributed by atoms with Crippen molar-refractivity contribution >= 4 is 44.6 Å². The summed E-state index contributed by atoms with van der Waals surface area (Å²) in [5.74, 6) is -0.437. The minimum absolute atomic E-state index is 0.108. The number of amides is 1. The normalized spacial score (nSPS) is 17.6. The Bertz CT molecular complexity index is 1150. The van der Waals surface area contributed by atoms with E-state index in [2.05, 4.69) is 15.5 Å². The molecule has 156 valence electrons. The zero-order valence-corrected chi connectivity index (χ0v) is 18.3. The summed E-state index contributed by atoms with van der Waals surface area (Å²) in [6.45, 7) is 0.731. The minimum Gasteiger partial charge on any atom is -0.320 e. The standard InChI is InChI=1S/C20H19ClN4O3S2/c21-15-7-4-10-17(12-15)30(27,28)25-11-5-6-14(13-25)19-23-24-20(29-19)18(26)22-16-8-2-1-3-9-16/h1-4,7-10,12,14H,5-6,11,13H2,(H,22,26)/t14-/m0/s1. The Morgan fingerprint density at radius 3 is 2.70 bits per heavy atom. The number of para-hydroxylation sites is 1. The van der Waals surface area contributed by atoms with Gasteiger partial charge in [-0.05, 0) is 43.2 Å². The molecule has 4 rings (SSSR count). The molecule has 0 spiro atoms. The van der Waals surface area contributed by atoms with Crippen LogP contribution in [-0.2, 0) is 10.0 Å². The third kappa shape index (κ3) is 4.54. The lowest BCUT2D eigenvalue weighted by Gasteiger charge is -2.30. The van der Waals surface area contributed by atoms with E-state index in [-0.39, 0.29) is 21.7 Å². The molecule has 0 bridgehead atoms. The second kappa shape index (κ2) is 8.81. The van der Waals surface area contributed by atoms with E-state index < -0.39 is 10.0 Å². The molecule has 0 radical (unpaired) electrons. The first-order valence-electron chi connectivity index (χ1n) is 9.39. The molecular formula is C20H19ClN4O3S2. The maximum atomic E-state index is 13.0. The van der Waals surface area contributed by atoms with Crippen molar-refractivity contribution in [1.29, 1.82) is 0 Å². The van der Waals surface area contributed by atoms with Crippen molar-refractivity contribution in [2.24, 2.45) is 0 Å². The molecular weight excluding hydrogens is 444 g/mol. The van der Waals surface area contributed by atoms with Crippen LogP contribution in [0.1, 0.15) is 33.6 Å². The van der Waals surface area contributed by atoms with Crippen LogP contribution in [0.4, 0.5) is 5.69 Å². The third-order valence-electron chi connectivity index (χ3n) is 4.83. The van der Waals surface area contributed by atoms with Gasteiger partial charge in [-0.15, -0.1) is 10.2 Å². The topological polar surface area (TPSA) is 92.3 Å². The summed E-state index contributed by atoms with van der Waals surface area (Å²) in [7, 11) is -3.65. The summed E-state index contributed by atoms with van der Waals surface area (Å²) in [5.41, 5.74) is 0.677. The molecule has 0 saturated carbocycles. The van der Waals surface area contributed by atoms with Crippen LogP contribution in [-0.4, -0.2) is 41.9 Å². The van der Waals surface area contributed by atoms with Crippen molar-refractivity contribution in [1.82, 2.24) is 14.5 Å². The summed E-state index contributed by atoms with van der Waals surface area (Å²) in [6, 6.07) is 15.4. The van der Waals surface area contributed by atoms with E-state index in [0.29, 0.717) is 35.2 Å². The number of aromatic nitrogens is 2. The third-order valence-corrected chi connectivity index (χ3v) is 8.01. The molecule has 0 unspecified atom stereocenters. The fraction of sp³-hybridized carbons (Fsp3) is 0.250. The average Bonchev–Trinajstić information content (AvgIpc) is 3.25. The van der Waals surface area contributed by atoms with Gasteiger partial charge in [-0.1, -0.05) is 47.2 Å². The van der Waals surface area contributed by atoms with E-state index in [0.717, 1.165) is 6.42 Å². The Morgan fingerprint density at radius 2 is 1.93 bits per heavy atom. The number of carbonyl (C=O) groups excluding carboxylic acids is 1. The Morgan fingerprint density at radius 1 is 1.13 bits per heavy atom. The molecule has 1 aliphatic rings. The van der Waals surface area contributed by atoms with E-state index >= 15 is 0 Å². The quantitative estimate of drug-likeness (QED) is 0.618. The second-order valence-corrected chi connectivity index (χ2v) is 10.3. The second-order valence-electron chi connectivity index (χ2n) is 6.93. The smallest absolute Gasteiger partial charge is 0.286 e. The van der Waals surface area contributed by atoms with Crippen LogP contribution in [0.25, 0.3) is 0 Å². The number of halogens is 1. The fourth-order valence-electron chi connectivity index (χ4n) is 3.34. The Kier molecular flexibility index (Phi) is 6.14. The molecule has 1 fully saturated rings. The largest absolute Gasteiger partial charge is 0.320 e. The fourth-order valence-corrected chi connectivity index (χ4v) is 6.03. The predicted octanol–water partition coefficient (Wildman–Crippen LogP) is 4.01. The van der Waals surface area contributed by atoms with Crippen molar-refractivity contribution < 1.29 is 13.2 Å². The molecule has 1 saturated heterocycles. The van der Waals surface area contributed by atoms with Gasteiger partial charge in [0.15, 0.2) is 0 Å². The zero-order valence-electron chi connectivity index (χ0n) is 15.9. The van der Waals surface area contributed by atoms with Crippen LogP contribution in [0.15, 0.2) is 59.5 Å². The number of hydrogen-bond acceptors (Lipinski definition) is 6. The monoisotopic (exact) mass is 462 g/mol. The number of sulfonamides is 1. The first-order valence-corrected chi connectivity index (χ1v) is 12.0. The molecule has 1 atom stereocenters. The van der Waals surface area contributed by atoms with Gasteiger partial charge in [0.05, 0.1) is 4.90 Å². The first-order chi connectivity index (χ1) is 14.4. The molecule has 1 aliphatic heterocycles. The van der Waals surface area contributed by atoms with Gasteiger partial charge in [0, 0.05) is 29.7 Å². The van der Waals surface area contributed by atoms with E-state index in [4.69, 9.17) is 11.6 Å². The molecule has 30 heavy (non-hydrogen) atoms. The van der Waals surface area contributed by atoms with Gasteiger partial charge in [0.25, 0.3) is 5.91 Å². The van der Waals surface area contributed by atoms with Gasteiger partial charge in [0.2, 0.25) is 15.0 Å². The number of benzene rings is 2. The molecule has 1 N–H and O–H groups in total. The van der Waals surface area contributed by atoms with Crippen LogP contribution in [0.2, 0.25) is 5.02 Å². The Labute approximate surface area is 183 Å². The lowest BCUT2D eigenvalue weighted by molar-refractivity contribution is 0.102. The number of nitrogens with one attached hydrogen (secondary N) is 1. The molecule has 0 aliphatic carbocycles. The van der Waals surface area contributed by atoms with Gasteiger partial charge in [-0.3, -0.25) is 4.79 Å². The van der Waals surface area contributed by atoms with E-state index in [1.54, 1.807) is 30.3 Å². The van der Waals surface area contributed by atoms with Crippen LogP contribution in [0.3, 0.4) is 0 Å². The van der Waals surface area contributed by atoms with E-state index in [1.807, 2.05) is 18.2 Å². The highest BCUT2D eigenvalue weighted by molar-refractivity contribution is 7.89. The maximum absolute atomic E-state index is 13.0. The lowest BCUT2D eigenvalue weighted by Crippen LogP contribution is -2.39. The summed E-state index contributed by atoms with van der Waals surface area (Å²) < 4.78 is 27.5. The molecule has 1 aromatic heterocycles. The number of anilines is 1. The van der Waals surface area contributed by atoms with Crippen molar-refractivity contribution in [3.8, 4) is 0 Å². The minimum atomic E-state index is -3.65. The zero-order chi connectivity index (χ0) is 21.1. The summed E-state index contributed by atoms with van der Waals surface area (Å²) in [6.07, 6.45) is 1.49. The van der Waals surface area contributed by atoms with Gasteiger partial charge in [-0.2, -0.15) is 4.31 Å². The SMILES string of the molecule is O=C(Nc1ccccc1)c1nnc([C@H]2CCCN(S(=O)(=O)c3cccc(Cl)c3)C2)s1. The van der Waals surface area contributed by atoms with Gasteiger partial charge >= 0.3 is 0 Å². The highest BCUT2D eigenvalue weighted by Gasteiger charge is 2.33. The number of hydrogen-bond donors (Lipinski definition) is 1. The predicted molar refractivity (Wildman–Crippen MR) is 116 cm³/mol. The van der Waals surface area contributed by atoms with Crippen LogP contribution >= 0.6 is 22.9 Å². The van der Waals surface area contributed by atoms with Crippen molar-refractivity contribution in [3.05, 3.63) is 69.6 Å². The summed E-state index contributed by atoms with van der Waals surface area (Å²) in [4.78, 5) is 12.6. The highest BCUT2D eigenvalue weighted by Crippen LogP contribution is 2.32. The molecule has 7 nitrogen and oxygen atoms in total. The number of piperidine rings is 1. The lowest BCUT2D eigenvalue weighted by atomic mass is 10.0. The van der Waals surface area contributed by atoms with Gasteiger partial charge in [0.1, 0.15) is 5.01 Å². The maximum Gasteiger partial charge on any atom is 0.286 e. The van der Waals surface area contributed by atoms with Crippen LogP contribution in [0.5, 0.6) is 0 Å². The van der Waals surface area contributed by atoms with E-state index in [1.165, 1.54) is 21.7 Å². The van der Waals surface area contributed by atoms with Gasteiger partial charge < -0.3 is 5.32 Å². The highest BCUT2D eigenvalue weighted by atomic mass is 35.5. The molecule has 2 heterocycles. The number of rotatable bonds is 5. The van der Waals surface area contributed by atoms with Crippen LogP contribution in [0, 0.1) is 0 Å². The van der Waals surface area contributed by atoms with E-state index in [9.17, 15) is 13.2 Å². The number of nitrogens with zero attached hydrogens (tertiary/aromatic N) is 3. The van der Waals surface area contributed by atoms with Gasteiger partial charge in [-0.25, -0.2) is 8.42 Å². The Hall–Kier alpha value is -2.33. The number of carbonyl (C=O) groups is 1. The molecule has 2 aromatic carbocycles. The van der Waals surface area contributed by atoms with Crippen LogP contribution < -0.4 is 5.32 Å². The van der Waals surface area contributed by atoms with Crippen molar-refractivity contribution in [2.45, 2.75) is 23.7 Å². The summed E-state index contributed by atoms with van der Waals surface area (Å²) in [5, 5.41) is 12.3. The first kappa shape index (κ1) is 20.9. The molecule has 1 amide bonds. The van der Waals surface area contributed by atoms with Crippen molar-refractivity contribution in [3.63, 3.8) is 0 Å². The Balaban J connectivity index is 1.48.